The van der Waals surface area contributed by atoms with E-state index in [2.05, 4.69) is 10.6 Å². The van der Waals surface area contributed by atoms with Crippen LogP contribution in [0.15, 0.2) is 41.8 Å². The highest BCUT2D eigenvalue weighted by Crippen LogP contribution is 2.11. The summed E-state index contributed by atoms with van der Waals surface area (Å²) in [5.74, 6) is -0.652. The molecular weight excluding hydrogens is 340 g/mol. The number of benzene rings is 1. The zero-order valence-electron chi connectivity index (χ0n) is 13.9. The molecule has 0 bridgehead atoms. The fourth-order valence-electron chi connectivity index (χ4n) is 2.07. The van der Waals surface area contributed by atoms with Crippen molar-refractivity contribution in [2.24, 2.45) is 0 Å². The lowest BCUT2D eigenvalue weighted by Gasteiger charge is -2.07. The molecule has 0 radical (unpaired) electrons. The molecule has 0 atom stereocenters. The van der Waals surface area contributed by atoms with Crippen LogP contribution in [0.1, 0.15) is 39.8 Å². The SMILES string of the molecule is CCOC(=O)c1ccc(NC(=O)CCCNC(=O)c2cccs2)cc1. The molecule has 0 aliphatic rings. The van der Waals surface area contributed by atoms with Gasteiger partial charge in [0.05, 0.1) is 17.0 Å². The number of carbonyl (C=O) groups is 3. The van der Waals surface area contributed by atoms with Gasteiger partial charge in [-0.2, -0.15) is 0 Å². The topological polar surface area (TPSA) is 84.5 Å². The Morgan fingerprint density at radius 3 is 2.52 bits per heavy atom. The normalized spacial score (nSPS) is 10.1. The molecule has 132 valence electrons. The summed E-state index contributed by atoms with van der Waals surface area (Å²) in [6.45, 7) is 2.50. The fourth-order valence-corrected chi connectivity index (χ4v) is 2.71. The predicted molar refractivity (Wildman–Crippen MR) is 96.9 cm³/mol. The monoisotopic (exact) mass is 360 g/mol. The zero-order valence-corrected chi connectivity index (χ0v) is 14.7. The lowest BCUT2D eigenvalue weighted by atomic mass is 10.2. The van der Waals surface area contributed by atoms with Crippen molar-refractivity contribution >= 4 is 34.8 Å². The lowest BCUT2D eigenvalue weighted by molar-refractivity contribution is -0.116. The summed E-state index contributed by atoms with van der Waals surface area (Å²) in [6, 6.07) is 10.1. The molecule has 25 heavy (non-hydrogen) atoms. The average molecular weight is 360 g/mol. The van der Waals surface area contributed by atoms with Crippen LogP contribution in [0.5, 0.6) is 0 Å². The summed E-state index contributed by atoms with van der Waals surface area (Å²) >= 11 is 1.38. The van der Waals surface area contributed by atoms with E-state index in [1.807, 2.05) is 11.4 Å². The number of thiophene rings is 1. The van der Waals surface area contributed by atoms with Crippen molar-refractivity contribution in [1.29, 1.82) is 0 Å². The molecule has 2 rings (SSSR count). The molecule has 7 heteroatoms. The number of rotatable bonds is 8. The molecule has 0 saturated heterocycles. The van der Waals surface area contributed by atoms with Crippen molar-refractivity contribution in [1.82, 2.24) is 5.32 Å². The maximum absolute atomic E-state index is 11.9. The molecule has 1 aromatic heterocycles. The molecule has 1 aromatic carbocycles. The minimum Gasteiger partial charge on any atom is -0.462 e. The summed E-state index contributed by atoms with van der Waals surface area (Å²) in [6.07, 6.45) is 0.841. The largest absolute Gasteiger partial charge is 0.462 e. The Hall–Kier alpha value is -2.67. The summed E-state index contributed by atoms with van der Waals surface area (Å²) in [7, 11) is 0. The van der Waals surface area contributed by atoms with E-state index < -0.39 is 0 Å². The standard InChI is InChI=1S/C18H20N2O4S/c1-2-24-18(23)13-7-9-14(10-8-13)20-16(21)6-3-11-19-17(22)15-5-4-12-25-15/h4-5,7-10,12H,2-3,6,11H2,1H3,(H,19,22)(H,20,21). The first-order valence-electron chi connectivity index (χ1n) is 7.99. The van der Waals surface area contributed by atoms with Gasteiger partial charge in [-0.3, -0.25) is 9.59 Å². The van der Waals surface area contributed by atoms with Crippen LogP contribution in [0.25, 0.3) is 0 Å². The Balaban J connectivity index is 1.69. The van der Waals surface area contributed by atoms with Crippen molar-refractivity contribution < 1.29 is 19.1 Å². The molecule has 2 aromatic rings. The van der Waals surface area contributed by atoms with Gasteiger partial charge in [0.2, 0.25) is 5.91 Å². The first-order valence-corrected chi connectivity index (χ1v) is 8.87. The van der Waals surface area contributed by atoms with Crippen molar-refractivity contribution in [3.05, 3.63) is 52.2 Å². The van der Waals surface area contributed by atoms with Gasteiger partial charge in [0.15, 0.2) is 0 Å². The van der Waals surface area contributed by atoms with Gasteiger partial charge in [-0.1, -0.05) is 6.07 Å². The number of ether oxygens (including phenoxy) is 1. The Morgan fingerprint density at radius 2 is 1.88 bits per heavy atom. The van der Waals surface area contributed by atoms with Gasteiger partial charge in [0.25, 0.3) is 5.91 Å². The van der Waals surface area contributed by atoms with E-state index in [4.69, 9.17) is 4.74 Å². The number of carbonyl (C=O) groups excluding carboxylic acids is 3. The zero-order chi connectivity index (χ0) is 18.1. The average Bonchev–Trinajstić information content (AvgIpc) is 3.14. The molecule has 2 N–H and O–H groups in total. The van der Waals surface area contributed by atoms with Gasteiger partial charge in [-0.15, -0.1) is 11.3 Å². The number of esters is 1. The van der Waals surface area contributed by atoms with Gasteiger partial charge in [-0.05, 0) is 49.1 Å². The number of hydrogen-bond donors (Lipinski definition) is 2. The van der Waals surface area contributed by atoms with Crippen molar-refractivity contribution in [3.8, 4) is 0 Å². The van der Waals surface area contributed by atoms with Crippen LogP contribution in [0, 0.1) is 0 Å². The van der Waals surface area contributed by atoms with E-state index in [0.717, 1.165) is 0 Å². The number of hydrogen-bond acceptors (Lipinski definition) is 5. The Morgan fingerprint density at radius 1 is 1.12 bits per heavy atom. The second-order valence-electron chi connectivity index (χ2n) is 5.18. The molecular formula is C18H20N2O4S. The highest BCUT2D eigenvalue weighted by Gasteiger charge is 2.08. The quantitative estimate of drug-likeness (QED) is 0.560. The summed E-state index contributed by atoms with van der Waals surface area (Å²) in [5.41, 5.74) is 1.05. The maximum Gasteiger partial charge on any atom is 0.338 e. The van der Waals surface area contributed by atoms with Crippen molar-refractivity contribution in [2.45, 2.75) is 19.8 Å². The maximum atomic E-state index is 11.9. The molecule has 0 aliphatic carbocycles. The fraction of sp³-hybridized carbons (Fsp3) is 0.278. The van der Waals surface area contributed by atoms with E-state index in [9.17, 15) is 14.4 Å². The first-order chi connectivity index (χ1) is 12.1. The van der Waals surface area contributed by atoms with Crippen LogP contribution in [0.4, 0.5) is 5.69 Å². The second kappa shape index (κ2) is 9.58. The number of amides is 2. The Kier molecular flexibility index (Phi) is 7.16. The van der Waals surface area contributed by atoms with E-state index in [1.165, 1.54) is 11.3 Å². The second-order valence-corrected chi connectivity index (χ2v) is 6.13. The summed E-state index contributed by atoms with van der Waals surface area (Å²) in [4.78, 5) is 35.8. The highest BCUT2D eigenvalue weighted by atomic mass is 32.1. The van der Waals surface area contributed by atoms with Gasteiger partial charge in [0.1, 0.15) is 0 Å². The predicted octanol–water partition coefficient (Wildman–Crippen LogP) is 3.07. The minimum absolute atomic E-state index is 0.120. The molecule has 0 spiro atoms. The van der Waals surface area contributed by atoms with Crippen LogP contribution >= 0.6 is 11.3 Å². The third-order valence-corrected chi connectivity index (χ3v) is 4.16. The molecule has 2 amide bonds. The molecule has 0 unspecified atom stereocenters. The van der Waals surface area contributed by atoms with E-state index in [0.29, 0.717) is 42.1 Å². The first kappa shape index (κ1) is 18.7. The third kappa shape index (κ3) is 6.04. The highest BCUT2D eigenvalue weighted by molar-refractivity contribution is 7.12. The Labute approximate surface area is 150 Å². The van der Waals surface area contributed by atoms with Crippen LogP contribution in [-0.4, -0.2) is 30.9 Å². The van der Waals surface area contributed by atoms with Crippen LogP contribution in [0.3, 0.4) is 0 Å². The summed E-state index contributed by atoms with van der Waals surface area (Å²) in [5, 5.41) is 7.37. The van der Waals surface area contributed by atoms with Gasteiger partial charge in [-0.25, -0.2) is 4.79 Å². The molecule has 0 saturated carbocycles. The molecule has 0 fully saturated rings. The smallest absolute Gasteiger partial charge is 0.338 e. The van der Waals surface area contributed by atoms with Gasteiger partial charge in [0, 0.05) is 18.7 Å². The van der Waals surface area contributed by atoms with Crippen LogP contribution in [-0.2, 0) is 9.53 Å². The van der Waals surface area contributed by atoms with E-state index in [-0.39, 0.29) is 17.8 Å². The van der Waals surface area contributed by atoms with Crippen LogP contribution < -0.4 is 10.6 Å². The Bertz CT molecular complexity index is 711. The molecule has 1 heterocycles. The van der Waals surface area contributed by atoms with Gasteiger partial charge >= 0.3 is 5.97 Å². The third-order valence-electron chi connectivity index (χ3n) is 3.29. The van der Waals surface area contributed by atoms with Crippen molar-refractivity contribution in [2.75, 3.05) is 18.5 Å². The number of anilines is 1. The minimum atomic E-state index is -0.387. The number of nitrogens with one attached hydrogen (secondary N) is 2. The van der Waals surface area contributed by atoms with Gasteiger partial charge < -0.3 is 15.4 Å². The van der Waals surface area contributed by atoms with Crippen LogP contribution in [0.2, 0.25) is 0 Å². The van der Waals surface area contributed by atoms with E-state index >= 15 is 0 Å². The lowest BCUT2D eigenvalue weighted by Crippen LogP contribution is -2.24. The van der Waals surface area contributed by atoms with E-state index in [1.54, 1.807) is 37.3 Å². The molecule has 0 aliphatic heterocycles. The summed E-state index contributed by atoms with van der Waals surface area (Å²) < 4.78 is 4.90. The molecule has 6 nitrogen and oxygen atoms in total. The van der Waals surface area contributed by atoms with Crippen molar-refractivity contribution in [3.63, 3.8) is 0 Å².